The third-order valence-corrected chi connectivity index (χ3v) is 4.69. The molecule has 2 aromatic rings. The lowest BCUT2D eigenvalue weighted by Crippen LogP contribution is -2.23. The van der Waals surface area contributed by atoms with E-state index < -0.39 is 0 Å². The molecule has 0 amide bonds. The third-order valence-electron chi connectivity index (χ3n) is 4.69. The fourth-order valence-electron chi connectivity index (χ4n) is 3.05. The van der Waals surface area contributed by atoms with E-state index in [1.54, 1.807) is 0 Å². The van der Waals surface area contributed by atoms with Gasteiger partial charge in [0.15, 0.2) is 0 Å². The van der Waals surface area contributed by atoms with Crippen molar-refractivity contribution in [2.45, 2.75) is 46.2 Å². The number of aryl methyl sites for hydroxylation is 3. The first-order chi connectivity index (χ1) is 10.1. The number of rotatable bonds is 5. The SMILES string of the molecule is Cc1ccc(C(NCc2c(C)nn(C)c2C)C2CC2)cc1. The molecule has 1 fully saturated rings. The van der Waals surface area contributed by atoms with Gasteiger partial charge in [0.2, 0.25) is 0 Å². The van der Waals surface area contributed by atoms with Crippen LogP contribution in [0, 0.1) is 26.7 Å². The zero-order valence-corrected chi connectivity index (χ0v) is 13.5. The van der Waals surface area contributed by atoms with Gasteiger partial charge in [-0.2, -0.15) is 5.10 Å². The van der Waals surface area contributed by atoms with E-state index >= 15 is 0 Å². The standard InChI is InChI=1S/C18H25N3/c1-12-5-7-15(8-6-12)18(16-9-10-16)19-11-17-13(2)20-21(4)14(17)3/h5-8,16,18-19H,9-11H2,1-4H3. The first-order valence-electron chi connectivity index (χ1n) is 7.85. The van der Waals surface area contributed by atoms with Crippen LogP contribution >= 0.6 is 0 Å². The summed E-state index contributed by atoms with van der Waals surface area (Å²) in [4.78, 5) is 0. The average Bonchev–Trinajstić information content (AvgIpc) is 3.25. The highest BCUT2D eigenvalue weighted by Gasteiger charge is 2.32. The predicted molar refractivity (Wildman–Crippen MR) is 86.2 cm³/mol. The number of hydrogen-bond acceptors (Lipinski definition) is 2. The fourth-order valence-corrected chi connectivity index (χ4v) is 3.05. The highest BCUT2D eigenvalue weighted by Crippen LogP contribution is 2.41. The van der Waals surface area contributed by atoms with Crippen molar-refractivity contribution in [1.82, 2.24) is 15.1 Å². The van der Waals surface area contributed by atoms with E-state index in [2.05, 4.69) is 55.5 Å². The summed E-state index contributed by atoms with van der Waals surface area (Å²) in [5.41, 5.74) is 6.49. The van der Waals surface area contributed by atoms with E-state index in [0.29, 0.717) is 6.04 Å². The largest absolute Gasteiger partial charge is 0.305 e. The van der Waals surface area contributed by atoms with Gasteiger partial charge in [0.05, 0.1) is 5.69 Å². The average molecular weight is 283 g/mol. The summed E-state index contributed by atoms with van der Waals surface area (Å²) in [6.07, 6.45) is 2.69. The minimum atomic E-state index is 0.476. The Morgan fingerprint density at radius 2 is 1.86 bits per heavy atom. The molecule has 1 aromatic heterocycles. The Morgan fingerprint density at radius 3 is 2.38 bits per heavy atom. The van der Waals surface area contributed by atoms with Crippen LogP contribution in [0.5, 0.6) is 0 Å². The summed E-state index contributed by atoms with van der Waals surface area (Å²) in [7, 11) is 2.02. The van der Waals surface area contributed by atoms with Gasteiger partial charge in [0.25, 0.3) is 0 Å². The van der Waals surface area contributed by atoms with Crippen molar-refractivity contribution in [2.75, 3.05) is 0 Å². The van der Waals surface area contributed by atoms with Crippen molar-refractivity contribution in [3.8, 4) is 0 Å². The molecule has 0 saturated heterocycles. The van der Waals surface area contributed by atoms with Crippen molar-refractivity contribution >= 4 is 0 Å². The van der Waals surface area contributed by atoms with Gasteiger partial charge in [0.1, 0.15) is 0 Å². The maximum Gasteiger partial charge on any atom is 0.0641 e. The van der Waals surface area contributed by atoms with Gasteiger partial charge in [-0.3, -0.25) is 4.68 Å². The van der Waals surface area contributed by atoms with Gasteiger partial charge in [-0.1, -0.05) is 29.8 Å². The molecule has 3 rings (SSSR count). The number of nitrogens with one attached hydrogen (secondary N) is 1. The lowest BCUT2D eigenvalue weighted by atomic mass is 10.0. The number of benzene rings is 1. The van der Waals surface area contributed by atoms with Gasteiger partial charge in [-0.15, -0.1) is 0 Å². The Hall–Kier alpha value is -1.61. The van der Waals surface area contributed by atoms with Crippen LogP contribution in [-0.4, -0.2) is 9.78 Å². The van der Waals surface area contributed by atoms with Crippen LogP contribution in [-0.2, 0) is 13.6 Å². The third kappa shape index (κ3) is 3.03. The summed E-state index contributed by atoms with van der Waals surface area (Å²) in [5, 5.41) is 8.29. The normalized spacial score (nSPS) is 16.2. The number of nitrogens with zero attached hydrogens (tertiary/aromatic N) is 2. The van der Waals surface area contributed by atoms with Crippen molar-refractivity contribution in [3.63, 3.8) is 0 Å². The molecule has 1 aromatic carbocycles. The van der Waals surface area contributed by atoms with Crippen molar-refractivity contribution in [1.29, 1.82) is 0 Å². The molecule has 0 aliphatic heterocycles. The topological polar surface area (TPSA) is 29.9 Å². The monoisotopic (exact) mass is 283 g/mol. The van der Waals surface area contributed by atoms with Gasteiger partial charge >= 0.3 is 0 Å². The van der Waals surface area contributed by atoms with E-state index in [1.807, 2.05) is 11.7 Å². The Kier molecular flexibility index (Phi) is 3.85. The summed E-state index contributed by atoms with van der Waals surface area (Å²) in [6, 6.07) is 9.45. The molecule has 112 valence electrons. The Balaban J connectivity index is 1.75. The van der Waals surface area contributed by atoms with Crippen LogP contribution in [0.2, 0.25) is 0 Å². The number of aromatic nitrogens is 2. The molecular weight excluding hydrogens is 258 g/mol. The first-order valence-corrected chi connectivity index (χ1v) is 7.85. The van der Waals surface area contributed by atoms with Gasteiger partial charge in [-0.05, 0) is 45.1 Å². The van der Waals surface area contributed by atoms with Crippen LogP contribution in [0.15, 0.2) is 24.3 Å². The van der Waals surface area contributed by atoms with Crippen LogP contribution in [0.3, 0.4) is 0 Å². The fraction of sp³-hybridized carbons (Fsp3) is 0.500. The predicted octanol–water partition coefficient (Wildman–Crippen LogP) is 3.59. The van der Waals surface area contributed by atoms with Gasteiger partial charge in [0, 0.05) is 30.9 Å². The van der Waals surface area contributed by atoms with E-state index in [1.165, 1.54) is 35.2 Å². The molecule has 1 heterocycles. The van der Waals surface area contributed by atoms with Gasteiger partial charge in [-0.25, -0.2) is 0 Å². The number of hydrogen-bond donors (Lipinski definition) is 1. The van der Waals surface area contributed by atoms with Gasteiger partial charge < -0.3 is 5.32 Å². The van der Waals surface area contributed by atoms with Crippen LogP contribution < -0.4 is 5.32 Å². The maximum atomic E-state index is 4.51. The molecular formula is C18H25N3. The molecule has 1 saturated carbocycles. The highest BCUT2D eigenvalue weighted by atomic mass is 15.3. The minimum absolute atomic E-state index is 0.476. The molecule has 3 heteroatoms. The Bertz CT molecular complexity index is 621. The molecule has 0 bridgehead atoms. The van der Waals surface area contributed by atoms with E-state index in [-0.39, 0.29) is 0 Å². The van der Waals surface area contributed by atoms with E-state index in [9.17, 15) is 0 Å². The second-order valence-electron chi connectivity index (χ2n) is 6.38. The lowest BCUT2D eigenvalue weighted by Gasteiger charge is -2.19. The molecule has 1 atom stereocenters. The first kappa shape index (κ1) is 14.3. The van der Waals surface area contributed by atoms with E-state index in [4.69, 9.17) is 0 Å². The summed E-state index contributed by atoms with van der Waals surface area (Å²) >= 11 is 0. The van der Waals surface area contributed by atoms with Crippen molar-refractivity contribution in [3.05, 3.63) is 52.3 Å². The summed E-state index contributed by atoms with van der Waals surface area (Å²) in [5.74, 6) is 0.796. The molecule has 3 nitrogen and oxygen atoms in total. The molecule has 1 aliphatic carbocycles. The zero-order valence-electron chi connectivity index (χ0n) is 13.5. The molecule has 21 heavy (non-hydrogen) atoms. The molecule has 0 spiro atoms. The lowest BCUT2D eigenvalue weighted by molar-refractivity contribution is 0.479. The smallest absolute Gasteiger partial charge is 0.0641 e. The molecule has 1 aliphatic rings. The summed E-state index contributed by atoms with van der Waals surface area (Å²) < 4.78 is 1.98. The Labute approximate surface area is 127 Å². The van der Waals surface area contributed by atoms with Crippen molar-refractivity contribution < 1.29 is 0 Å². The Morgan fingerprint density at radius 1 is 1.19 bits per heavy atom. The highest BCUT2D eigenvalue weighted by molar-refractivity contribution is 5.27. The van der Waals surface area contributed by atoms with Crippen LogP contribution in [0.4, 0.5) is 0 Å². The molecule has 1 N–H and O–H groups in total. The van der Waals surface area contributed by atoms with Crippen LogP contribution in [0.25, 0.3) is 0 Å². The second-order valence-corrected chi connectivity index (χ2v) is 6.38. The summed E-state index contributed by atoms with van der Waals surface area (Å²) in [6.45, 7) is 7.29. The second kappa shape index (κ2) is 5.64. The molecule has 0 radical (unpaired) electrons. The van der Waals surface area contributed by atoms with Crippen LogP contribution in [0.1, 0.15) is 47.0 Å². The zero-order chi connectivity index (χ0) is 15.0. The quantitative estimate of drug-likeness (QED) is 0.909. The maximum absolute atomic E-state index is 4.51. The van der Waals surface area contributed by atoms with Crippen molar-refractivity contribution in [2.24, 2.45) is 13.0 Å². The van der Waals surface area contributed by atoms with E-state index in [0.717, 1.165) is 18.2 Å². The molecule has 1 unspecified atom stereocenters. The minimum Gasteiger partial charge on any atom is -0.305 e.